The number of aryl methyl sites for hydroxylation is 2. The lowest BCUT2D eigenvalue weighted by Gasteiger charge is -2.24. The zero-order valence-corrected chi connectivity index (χ0v) is 15.7. The molecule has 0 aliphatic carbocycles. The zero-order valence-electron chi connectivity index (χ0n) is 15.7. The molecule has 26 heavy (non-hydrogen) atoms. The molecule has 0 atom stereocenters. The van der Waals surface area contributed by atoms with Gasteiger partial charge in [-0.05, 0) is 32.9 Å². The predicted octanol–water partition coefficient (Wildman–Crippen LogP) is 3.75. The lowest BCUT2D eigenvalue weighted by atomic mass is 10.1. The van der Waals surface area contributed by atoms with Crippen LogP contribution in [0, 0.1) is 6.92 Å². The van der Waals surface area contributed by atoms with Gasteiger partial charge in [-0.2, -0.15) is 0 Å². The molecule has 0 radical (unpaired) electrons. The van der Waals surface area contributed by atoms with Gasteiger partial charge in [0.1, 0.15) is 11.3 Å². The van der Waals surface area contributed by atoms with Gasteiger partial charge in [-0.15, -0.1) is 10.2 Å². The van der Waals surface area contributed by atoms with Crippen molar-refractivity contribution in [1.82, 2.24) is 15.1 Å². The minimum Gasteiger partial charge on any atom is -0.497 e. The summed E-state index contributed by atoms with van der Waals surface area (Å²) in [5, 5.41) is 8.87. The molecule has 1 aromatic carbocycles. The first-order valence-electron chi connectivity index (χ1n) is 8.64. The maximum atomic E-state index is 13.1. The van der Waals surface area contributed by atoms with Crippen LogP contribution < -0.4 is 4.74 Å². The van der Waals surface area contributed by atoms with Crippen LogP contribution >= 0.6 is 0 Å². The summed E-state index contributed by atoms with van der Waals surface area (Å²) in [5.74, 6) is 1.77. The standard InChI is InChI=1S/C19H23N3O4/c1-6-16-20-21-17(26-16)10-22(11(2)3)19(23)18-12(4)14-8-7-13(24-5)9-15(14)25-18/h7-9,11H,6,10H2,1-5H3. The van der Waals surface area contributed by atoms with Crippen molar-refractivity contribution >= 4 is 16.9 Å². The maximum Gasteiger partial charge on any atom is 0.290 e. The van der Waals surface area contributed by atoms with Crippen molar-refractivity contribution in [3.8, 4) is 5.75 Å². The smallest absolute Gasteiger partial charge is 0.290 e. The summed E-state index contributed by atoms with van der Waals surface area (Å²) in [4.78, 5) is 14.8. The molecule has 0 saturated heterocycles. The molecule has 0 N–H and O–H groups in total. The predicted molar refractivity (Wildman–Crippen MR) is 96.2 cm³/mol. The molecule has 7 nitrogen and oxygen atoms in total. The Hall–Kier alpha value is -2.83. The minimum atomic E-state index is -0.205. The summed E-state index contributed by atoms with van der Waals surface area (Å²) in [6, 6.07) is 5.48. The van der Waals surface area contributed by atoms with Crippen molar-refractivity contribution in [2.45, 2.75) is 46.7 Å². The second-order valence-corrected chi connectivity index (χ2v) is 6.39. The third-order valence-corrected chi connectivity index (χ3v) is 4.34. The molecule has 0 aliphatic rings. The van der Waals surface area contributed by atoms with Gasteiger partial charge < -0.3 is 18.5 Å². The molecule has 138 valence electrons. The molecular weight excluding hydrogens is 334 g/mol. The molecule has 3 rings (SSSR count). The molecule has 2 heterocycles. The summed E-state index contributed by atoms with van der Waals surface area (Å²) < 4.78 is 16.6. The highest BCUT2D eigenvalue weighted by atomic mass is 16.5. The SMILES string of the molecule is CCc1nnc(CN(C(=O)c2oc3cc(OC)ccc3c2C)C(C)C)o1. The summed E-state index contributed by atoms with van der Waals surface area (Å²) in [7, 11) is 1.60. The molecule has 0 aliphatic heterocycles. The van der Waals surface area contributed by atoms with E-state index in [9.17, 15) is 4.79 Å². The van der Waals surface area contributed by atoms with Gasteiger partial charge in [0.2, 0.25) is 11.8 Å². The fraction of sp³-hybridized carbons (Fsp3) is 0.421. The number of methoxy groups -OCH3 is 1. The number of furan rings is 1. The molecule has 0 spiro atoms. The van der Waals surface area contributed by atoms with E-state index >= 15 is 0 Å². The Balaban J connectivity index is 1.93. The lowest BCUT2D eigenvalue weighted by molar-refractivity contribution is 0.0640. The number of amides is 1. The third-order valence-electron chi connectivity index (χ3n) is 4.34. The number of fused-ring (bicyclic) bond motifs is 1. The van der Waals surface area contributed by atoms with Gasteiger partial charge in [0.05, 0.1) is 13.7 Å². The number of hydrogen-bond donors (Lipinski definition) is 0. The molecule has 3 aromatic rings. The van der Waals surface area contributed by atoms with Gasteiger partial charge in [0, 0.05) is 29.5 Å². The number of aromatic nitrogens is 2. The van der Waals surface area contributed by atoms with Gasteiger partial charge in [-0.3, -0.25) is 4.79 Å². The number of carbonyl (C=O) groups is 1. The summed E-state index contributed by atoms with van der Waals surface area (Å²) >= 11 is 0. The van der Waals surface area contributed by atoms with E-state index in [1.807, 2.05) is 39.8 Å². The highest BCUT2D eigenvalue weighted by Gasteiger charge is 2.27. The molecule has 0 unspecified atom stereocenters. The van der Waals surface area contributed by atoms with Gasteiger partial charge >= 0.3 is 0 Å². The van der Waals surface area contributed by atoms with Crippen LogP contribution in [0.4, 0.5) is 0 Å². The fourth-order valence-corrected chi connectivity index (χ4v) is 2.80. The second-order valence-electron chi connectivity index (χ2n) is 6.39. The Bertz CT molecular complexity index is 926. The molecule has 0 bridgehead atoms. The normalized spacial score (nSPS) is 11.3. The Labute approximate surface area is 151 Å². The third kappa shape index (κ3) is 3.29. The van der Waals surface area contributed by atoms with Crippen LogP contribution in [0.1, 0.15) is 48.7 Å². The summed E-state index contributed by atoms with van der Waals surface area (Å²) in [6.07, 6.45) is 0.660. The highest BCUT2D eigenvalue weighted by Crippen LogP contribution is 2.30. The van der Waals surface area contributed by atoms with Gasteiger partial charge in [0.15, 0.2) is 5.76 Å². The molecular formula is C19H23N3O4. The topological polar surface area (TPSA) is 81.6 Å². The second kappa shape index (κ2) is 7.19. The molecule has 1 amide bonds. The van der Waals surface area contributed by atoms with Crippen molar-refractivity contribution in [1.29, 1.82) is 0 Å². The van der Waals surface area contributed by atoms with Crippen molar-refractivity contribution in [3.05, 3.63) is 41.3 Å². The molecule has 0 fully saturated rings. The van der Waals surface area contributed by atoms with Crippen LogP contribution in [0.3, 0.4) is 0 Å². The van der Waals surface area contributed by atoms with Crippen molar-refractivity contribution < 1.29 is 18.4 Å². The highest BCUT2D eigenvalue weighted by molar-refractivity contribution is 5.99. The largest absolute Gasteiger partial charge is 0.497 e. The van der Waals surface area contributed by atoms with E-state index in [0.717, 1.165) is 10.9 Å². The quantitative estimate of drug-likeness (QED) is 0.668. The van der Waals surface area contributed by atoms with Gasteiger partial charge in [-0.1, -0.05) is 6.92 Å². The van der Waals surface area contributed by atoms with E-state index in [2.05, 4.69) is 10.2 Å². The minimum absolute atomic E-state index is 0.0541. The average Bonchev–Trinajstić information content (AvgIpc) is 3.22. The Kier molecular flexibility index (Phi) is 4.97. The average molecular weight is 357 g/mol. The number of ether oxygens (including phenoxy) is 1. The maximum absolute atomic E-state index is 13.1. The van der Waals surface area contributed by atoms with E-state index in [-0.39, 0.29) is 18.5 Å². The van der Waals surface area contributed by atoms with Crippen molar-refractivity contribution in [2.24, 2.45) is 0 Å². The van der Waals surface area contributed by atoms with E-state index in [1.54, 1.807) is 18.1 Å². The van der Waals surface area contributed by atoms with Crippen molar-refractivity contribution in [2.75, 3.05) is 7.11 Å². The monoisotopic (exact) mass is 357 g/mol. The summed E-state index contributed by atoms with van der Waals surface area (Å²) in [6.45, 7) is 7.94. The van der Waals surface area contributed by atoms with Crippen LogP contribution in [-0.2, 0) is 13.0 Å². The fourth-order valence-electron chi connectivity index (χ4n) is 2.80. The summed E-state index contributed by atoms with van der Waals surface area (Å²) in [5.41, 5.74) is 1.43. The van der Waals surface area contributed by atoms with Crippen molar-refractivity contribution in [3.63, 3.8) is 0 Å². The molecule has 2 aromatic heterocycles. The Morgan fingerprint density at radius 3 is 2.58 bits per heavy atom. The Morgan fingerprint density at radius 1 is 1.23 bits per heavy atom. The number of nitrogens with zero attached hydrogens (tertiary/aromatic N) is 3. The van der Waals surface area contributed by atoms with Crippen LogP contribution in [0.15, 0.2) is 27.0 Å². The van der Waals surface area contributed by atoms with Gasteiger partial charge in [-0.25, -0.2) is 0 Å². The van der Waals surface area contributed by atoms with Crippen LogP contribution in [0.2, 0.25) is 0 Å². The Morgan fingerprint density at radius 2 is 1.96 bits per heavy atom. The van der Waals surface area contributed by atoms with E-state index in [0.29, 0.717) is 35.3 Å². The van der Waals surface area contributed by atoms with Gasteiger partial charge in [0.25, 0.3) is 5.91 Å². The van der Waals surface area contributed by atoms with Crippen LogP contribution in [0.25, 0.3) is 11.0 Å². The number of rotatable bonds is 6. The number of hydrogen-bond acceptors (Lipinski definition) is 6. The van der Waals surface area contributed by atoms with E-state index in [1.165, 1.54) is 0 Å². The molecule has 0 saturated carbocycles. The molecule has 7 heteroatoms. The first-order chi connectivity index (χ1) is 12.4. The van der Waals surface area contributed by atoms with Crippen LogP contribution in [0.5, 0.6) is 5.75 Å². The zero-order chi connectivity index (χ0) is 18.8. The number of benzene rings is 1. The van der Waals surface area contributed by atoms with Crippen LogP contribution in [-0.4, -0.2) is 34.2 Å². The number of carbonyl (C=O) groups excluding carboxylic acids is 1. The van der Waals surface area contributed by atoms with E-state index < -0.39 is 0 Å². The first-order valence-corrected chi connectivity index (χ1v) is 8.64. The van der Waals surface area contributed by atoms with E-state index in [4.69, 9.17) is 13.6 Å². The first kappa shape index (κ1) is 18.0. The lowest BCUT2D eigenvalue weighted by Crippen LogP contribution is -2.36.